The highest BCUT2D eigenvalue weighted by atomic mass is 35.5. The highest BCUT2D eigenvalue weighted by Gasteiger charge is 2.44. The van der Waals surface area contributed by atoms with Crippen molar-refractivity contribution < 1.29 is 32.2 Å². The fourth-order valence-corrected chi connectivity index (χ4v) is 6.30. The van der Waals surface area contributed by atoms with Crippen LogP contribution in [0, 0.1) is 28.5 Å². The van der Waals surface area contributed by atoms with Gasteiger partial charge in [-0.05, 0) is 48.5 Å². The highest BCUT2D eigenvalue weighted by molar-refractivity contribution is 6.62. The van der Waals surface area contributed by atoms with Gasteiger partial charge in [-0.2, -0.15) is 10.5 Å². The molecule has 4 aromatic carbocycles. The Labute approximate surface area is 353 Å². The number of imide groups is 1. The molecule has 2 aliphatic rings. The van der Waals surface area contributed by atoms with Crippen LogP contribution in [0.3, 0.4) is 0 Å². The molecule has 0 aliphatic carbocycles. The number of nitriles is 2. The molecule has 0 bridgehead atoms. The zero-order chi connectivity index (χ0) is 42.3. The summed E-state index contributed by atoms with van der Waals surface area (Å²) in [5.41, 5.74) is 4.61. The quantitative estimate of drug-likeness (QED) is 0.168. The van der Waals surface area contributed by atoms with Gasteiger partial charge in [-0.15, -0.1) is 8.78 Å². The van der Waals surface area contributed by atoms with E-state index < -0.39 is 23.9 Å². The van der Waals surface area contributed by atoms with Crippen molar-refractivity contribution in [2.45, 2.75) is 6.29 Å². The van der Waals surface area contributed by atoms with E-state index in [4.69, 9.17) is 56.9 Å². The first-order chi connectivity index (χ1) is 28.3. The summed E-state index contributed by atoms with van der Waals surface area (Å²) in [5, 5.41) is 19.3. The van der Waals surface area contributed by atoms with Crippen LogP contribution >= 0.6 is 46.4 Å². The second-order valence-electron chi connectivity index (χ2n) is 11.9. The van der Waals surface area contributed by atoms with Crippen molar-refractivity contribution in [3.05, 3.63) is 165 Å². The van der Waals surface area contributed by atoms with E-state index in [9.17, 15) is 22.8 Å². The van der Waals surface area contributed by atoms with Gasteiger partial charge in [0.25, 0.3) is 11.8 Å². The fourth-order valence-electron chi connectivity index (χ4n) is 5.57. The summed E-state index contributed by atoms with van der Waals surface area (Å²) in [6, 6.07) is 30.9. The van der Waals surface area contributed by atoms with Crippen LogP contribution in [0.1, 0.15) is 11.1 Å². The van der Waals surface area contributed by atoms with Crippen molar-refractivity contribution in [2.24, 2.45) is 0 Å². The number of benzene rings is 4. The molecule has 2 N–H and O–H groups in total. The molecule has 0 spiro atoms. The van der Waals surface area contributed by atoms with Gasteiger partial charge >= 0.3 is 6.29 Å². The maximum Gasteiger partial charge on any atom is 0.586 e. The normalized spacial score (nSPS) is 13.3. The summed E-state index contributed by atoms with van der Waals surface area (Å²) in [7, 11) is 0. The number of aromatic nitrogens is 3. The number of halogens is 7. The van der Waals surface area contributed by atoms with Gasteiger partial charge in [0.2, 0.25) is 0 Å². The van der Waals surface area contributed by atoms with Crippen molar-refractivity contribution in [3.8, 4) is 45.9 Å². The van der Waals surface area contributed by atoms with Gasteiger partial charge < -0.3 is 19.4 Å². The number of hydrogen-bond acceptors (Lipinski definition) is 7. The number of aromatic amines is 2. The second kappa shape index (κ2) is 18.2. The number of hydrogen-bond donors (Lipinski definition) is 2. The van der Waals surface area contributed by atoms with Crippen molar-refractivity contribution in [2.75, 3.05) is 4.90 Å². The molecule has 5 heterocycles. The van der Waals surface area contributed by atoms with Gasteiger partial charge in [0, 0.05) is 58.6 Å². The number of amides is 2. The standard InChI is InChI=1S/C12H6F2N2O2.C11H6Cl2N2.C10H4Cl2FNO2.C9H7N/c13-12(14)17-10-3-1-2-8(11(10)18-12)9-6-16-5-7(9)4-15;12-10-3-1-2-8(11(10)13)9-6-15-5-7(9)4-14;11-7-8(12)10(16)14(9(7)15)6-3-1-5(13)2-4-6;1-2-6-9-8(4-1)5-3-7-10-9/h1-3,5-6,16H;1-3,5-6,15H;1-4H;1-7H. The molecule has 0 radical (unpaired) electrons. The second-order valence-corrected chi connectivity index (χ2v) is 13.5. The largest absolute Gasteiger partial charge is 0.586 e. The average Bonchev–Trinajstić information content (AvgIpc) is 4.03. The number of para-hydroxylation sites is 2. The molecule has 59 heavy (non-hydrogen) atoms. The molecule has 17 heteroatoms. The summed E-state index contributed by atoms with van der Waals surface area (Å²) in [5.74, 6) is -1.97. The van der Waals surface area contributed by atoms with Crippen LogP contribution in [-0.4, -0.2) is 33.1 Å². The number of nitrogens with zero attached hydrogens (tertiary/aromatic N) is 4. The summed E-state index contributed by atoms with van der Waals surface area (Å²) in [6.07, 6.45) is 4.54. The smallest absolute Gasteiger partial charge is 0.395 e. The molecule has 2 amide bonds. The van der Waals surface area contributed by atoms with E-state index in [0.29, 0.717) is 32.3 Å². The summed E-state index contributed by atoms with van der Waals surface area (Å²) >= 11 is 23.1. The van der Waals surface area contributed by atoms with Crippen LogP contribution in [0.5, 0.6) is 11.5 Å². The predicted octanol–water partition coefficient (Wildman–Crippen LogP) is 11.4. The van der Waals surface area contributed by atoms with Crippen molar-refractivity contribution in [3.63, 3.8) is 0 Å². The van der Waals surface area contributed by atoms with Crippen LogP contribution < -0.4 is 14.4 Å². The van der Waals surface area contributed by atoms with Gasteiger partial charge in [0.1, 0.15) is 28.0 Å². The van der Waals surface area contributed by atoms with Gasteiger partial charge in [0.15, 0.2) is 11.5 Å². The summed E-state index contributed by atoms with van der Waals surface area (Å²) < 4.78 is 47.5. The molecule has 0 atom stereocenters. The van der Waals surface area contributed by atoms with E-state index in [1.807, 2.05) is 42.6 Å². The number of rotatable bonds is 3. The maximum atomic E-state index is 13.0. The molecular weight excluding hydrogens is 851 g/mol. The first-order valence-corrected chi connectivity index (χ1v) is 18.3. The summed E-state index contributed by atoms with van der Waals surface area (Å²) in [4.78, 5) is 33.7. The van der Waals surface area contributed by atoms with Crippen LogP contribution in [0.4, 0.5) is 18.9 Å². The Morgan fingerprint density at radius 1 is 0.661 bits per heavy atom. The number of fused-ring (bicyclic) bond motifs is 2. The molecule has 10 nitrogen and oxygen atoms in total. The lowest BCUT2D eigenvalue weighted by atomic mass is 10.0. The van der Waals surface area contributed by atoms with Gasteiger partial charge in [0.05, 0.1) is 32.4 Å². The molecule has 0 fully saturated rings. The minimum absolute atomic E-state index is 0.0393. The minimum Gasteiger partial charge on any atom is -0.395 e. The van der Waals surface area contributed by atoms with E-state index in [1.165, 1.54) is 29.8 Å². The molecular formula is C42H23Cl4F3N6O4. The van der Waals surface area contributed by atoms with Crippen LogP contribution in [0.15, 0.2) is 138 Å². The molecule has 2 aliphatic heterocycles. The third-order valence-electron chi connectivity index (χ3n) is 8.26. The molecule has 9 rings (SSSR count). The van der Waals surface area contributed by atoms with Crippen molar-refractivity contribution in [1.29, 1.82) is 10.5 Å². The Kier molecular flexibility index (Phi) is 12.9. The highest BCUT2D eigenvalue weighted by Crippen LogP contribution is 2.47. The Morgan fingerprint density at radius 3 is 1.86 bits per heavy atom. The van der Waals surface area contributed by atoms with Crippen molar-refractivity contribution >= 4 is 74.8 Å². The first kappa shape index (κ1) is 41.9. The van der Waals surface area contributed by atoms with Gasteiger partial charge in [-0.25, -0.2) is 9.29 Å². The number of pyridine rings is 1. The Hall–Kier alpha value is -6.74. The molecule has 7 aromatic rings. The van der Waals surface area contributed by atoms with Crippen LogP contribution in [0.2, 0.25) is 10.0 Å². The molecule has 0 saturated heterocycles. The number of carbonyl (C=O) groups is 2. The number of alkyl halides is 2. The Morgan fingerprint density at radius 2 is 1.24 bits per heavy atom. The third-order valence-corrected chi connectivity index (χ3v) is 9.88. The van der Waals surface area contributed by atoms with Crippen LogP contribution in [-0.2, 0) is 9.59 Å². The van der Waals surface area contributed by atoms with E-state index in [0.717, 1.165) is 33.7 Å². The molecule has 0 saturated carbocycles. The molecule has 3 aromatic heterocycles. The fraction of sp³-hybridized carbons (Fsp3) is 0.0238. The Bertz CT molecular complexity index is 2720. The zero-order valence-electron chi connectivity index (χ0n) is 29.7. The number of anilines is 1. The summed E-state index contributed by atoms with van der Waals surface area (Å²) in [6.45, 7) is 0. The van der Waals surface area contributed by atoms with E-state index in [1.54, 1.807) is 42.9 Å². The number of nitrogens with one attached hydrogen (secondary N) is 2. The molecule has 0 unspecified atom stereocenters. The maximum absolute atomic E-state index is 13.0. The lowest BCUT2D eigenvalue weighted by molar-refractivity contribution is -0.286. The number of ether oxygens (including phenoxy) is 2. The topological polar surface area (TPSA) is 148 Å². The zero-order valence-corrected chi connectivity index (χ0v) is 32.7. The van der Waals surface area contributed by atoms with Gasteiger partial charge in [-0.1, -0.05) is 94.9 Å². The minimum atomic E-state index is -3.67. The van der Waals surface area contributed by atoms with E-state index >= 15 is 0 Å². The first-order valence-electron chi connectivity index (χ1n) is 16.8. The number of carbonyl (C=O) groups excluding carboxylic acids is 2. The predicted molar refractivity (Wildman–Crippen MR) is 217 cm³/mol. The lowest BCUT2D eigenvalue weighted by Crippen LogP contribution is -2.30. The number of H-pyrrole nitrogens is 2. The lowest BCUT2D eigenvalue weighted by Gasteiger charge is -2.13. The third kappa shape index (κ3) is 9.36. The van der Waals surface area contributed by atoms with Crippen molar-refractivity contribution in [1.82, 2.24) is 15.0 Å². The Balaban J connectivity index is 0.000000135. The SMILES string of the molecule is N#Cc1c[nH]cc1-c1cccc(Cl)c1Cl.N#Cc1c[nH]cc1-c1cccc2c1OC(F)(F)O2.O=C1C(Cl)=C(Cl)C(=O)N1c1ccc(F)cc1.c1ccc2ncccc2c1. The van der Waals surface area contributed by atoms with E-state index in [2.05, 4.69) is 42.6 Å². The van der Waals surface area contributed by atoms with E-state index in [-0.39, 0.29) is 27.3 Å². The average molecular weight is 874 g/mol. The monoisotopic (exact) mass is 872 g/mol. The van der Waals surface area contributed by atoms with Gasteiger partial charge in [-0.3, -0.25) is 14.6 Å². The molecule has 294 valence electrons. The van der Waals surface area contributed by atoms with Crippen LogP contribution in [0.25, 0.3) is 33.2 Å².